The first-order valence-electron chi connectivity index (χ1n) is 6.19. The van der Waals surface area contributed by atoms with Crippen LogP contribution in [0.1, 0.15) is 38.9 Å². The maximum Gasteiger partial charge on any atom is 0.223 e. The van der Waals surface area contributed by atoms with Gasteiger partial charge in [0.05, 0.1) is 19.1 Å². The largest absolute Gasteiger partial charge is 0.493 e. The van der Waals surface area contributed by atoms with E-state index in [9.17, 15) is 9.90 Å². The maximum absolute atomic E-state index is 11.4. The van der Waals surface area contributed by atoms with Gasteiger partial charge in [0.2, 0.25) is 5.91 Å². The van der Waals surface area contributed by atoms with Crippen LogP contribution in [0, 0.1) is 0 Å². The molecule has 1 aromatic carbocycles. The highest BCUT2D eigenvalue weighted by Crippen LogP contribution is 2.17. The Bertz CT molecular complexity index is 371. The van der Waals surface area contributed by atoms with Crippen LogP contribution in [0.2, 0.25) is 0 Å². The molecule has 18 heavy (non-hydrogen) atoms. The molecule has 1 atom stereocenters. The number of aliphatic hydroxyl groups excluding tert-OH is 1. The van der Waals surface area contributed by atoms with Gasteiger partial charge in [-0.1, -0.05) is 12.1 Å². The monoisotopic (exact) mass is 251 g/mol. The van der Waals surface area contributed by atoms with Gasteiger partial charge in [-0.05, 0) is 38.5 Å². The van der Waals surface area contributed by atoms with Crippen molar-refractivity contribution in [3.8, 4) is 5.75 Å². The molecule has 1 rings (SSSR count). The molecule has 0 unspecified atom stereocenters. The van der Waals surface area contributed by atoms with Crippen molar-refractivity contribution in [1.29, 1.82) is 0 Å². The van der Waals surface area contributed by atoms with Gasteiger partial charge in [0.25, 0.3) is 0 Å². The molecular formula is C14H21NO3. The molecule has 0 aromatic heterocycles. The Hall–Kier alpha value is -1.55. The second-order valence-corrected chi connectivity index (χ2v) is 4.57. The molecule has 100 valence electrons. The van der Waals surface area contributed by atoms with Gasteiger partial charge in [-0.2, -0.15) is 0 Å². The average Bonchev–Trinajstić information content (AvgIpc) is 2.28. The SMILES string of the molecule is CC(C)NC(=O)CCOc1ccc([C@H](C)O)cc1. The summed E-state index contributed by atoms with van der Waals surface area (Å²) in [6, 6.07) is 7.37. The number of hydrogen-bond donors (Lipinski definition) is 2. The lowest BCUT2D eigenvalue weighted by Crippen LogP contribution is -2.31. The summed E-state index contributed by atoms with van der Waals surface area (Å²) >= 11 is 0. The predicted octanol–water partition coefficient (Wildman–Crippen LogP) is 2.03. The zero-order valence-corrected chi connectivity index (χ0v) is 11.1. The van der Waals surface area contributed by atoms with Gasteiger partial charge in [-0.3, -0.25) is 4.79 Å². The van der Waals surface area contributed by atoms with Crippen molar-refractivity contribution in [2.24, 2.45) is 0 Å². The number of carbonyl (C=O) groups is 1. The Balaban J connectivity index is 2.33. The van der Waals surface area contributed by atoms with E-state index in [0.29, 0.717) is 18.8 Å². The number of aliphatic hydroxyl groups is 1. The van der Waals surface area contributed by atoms with E-state index in [2.05, 4.69) is 5.32 Å². The summed E-state index contributed by atoms with van der Waals surface area (Å²) in [4.78, 5) is 11.4. The highest BCUT2D eigenvalue weighted by molar-refractivity contribution is 5.76. The lowest BCUT2D eigenvalue weighted by atomic mass is 10.1. The van der Waals surface area contributed by atoms with Gasteiger partial charge in [0.1, 0.15) is 5.75 Å². The standard InChI is InChI=1S/C14H21NO3/c1-10(2)15-14(17)8-9-18-13-6-4-12(5-7-13)11(3)16/h4-7,10-11,16H,8-9H2,1-3H3,(H,15,17)/t11-/m0/s1. The minimum atomic E-state index is -0.476. The van der Waals surface area contributed by atoms with Gasteiger partial charge >= 0.3 is 0 Å². The number of nitrogens with one attached hydrogen (secondary N) is 1. The molecule has 0 saturated carbocycles. The average molecular weight is 251 g/mol. The molecule has 0 bridgehead atoms. The fourth-order valence-electron chi connectivity index (χ4n) is 1.50. The third-order valence-electron chi connectivity index (χ3n) is 2.41. The van der Waals surface area contributed by atoms with Crippen LogP contribution in [0.3, 0.4) is 0 Å². The van der Waals surface area contributed by atoms with Gasteiger partial charge in [0, 0.05) is 6.04 Å². The van der Waals surface area contributed by atoms with Gasteiger partial charge in [-0.25, -0.2) is 0 Å². The van der Waals surface area contributed by atoms with Crippen molar-refractivity contribution < 1.29 is 14.6 Å². The molecule has 0 radical (unpaired) electrons. The quantitative estimate of drug-likeness (QED) is 0.813. The molecule has 0 saturated heterocycles. The number of amides is 1. The Morgan fingerprint density at radius 3 is 2.39 bits per heavy atom. The molecule has 1 amide bonds. The minimum Gasteiger partial charge on any atom is -0.493 e. The summed E-state index contributed by atoms with van der Waals surface area (Å²) in [5, 5.41) is 12.2. The van der Waals surface area contributed by atoms with Crippen LogP contribution in [-0.2, 0) is 4.79 Å². The highest BCUT2D eigenvalue weighted by atomic mass is 16.5. The zero-order valence-electron chi connectivity index (χ0n) is 11.1. The molecule has 0 fully saturated rings. The normalized spacial score (nSPS) is 12.3. The van der Waals surface area contributed by atoms with Crippen LogP contribution in [0.5, 0.6) is 5.75 Å². The molecule has 0 aliphatic carbocycles. The van der Waals surface area contributed by atoms with Crippen LogP contribution < -0.4 is 10.1 Å². The van der Waals surface area contributed by atoms with E-state index in [1.54, 1.807) is 19.1 Å². The number of rotatable bonds is 6. The van der Waals surface area contributed by atoms with Crippen LogP contribution in [0.25, 0.3) is 0 Å². The fourth-order valence-corrected chi connectivity index (χ4v) is 1.50. The maximum atomic E-state index is 11.4. The molecule has 4 nitrogen and oxygen atoms in total. The van der Waals surface area contributed by atoms with E-state index in [4.69, 9.17) is 4.74 Å². The predicted molar refractivity (Wildman–Crippen MR) is 70.5 cm³/mol. The van der Waals surface area contributed by atoms with Crippen molar-refractivity contribution in [2.75, 3.05) is 6.61 Å². The summed E-state index contributed by atoms with van der Waals surface area (Å²) in [5.74, 6) is 0.697. The smallest absolute Gasteiger partial charge is 0.223 e. The van der Waals surface area contributed by atoms with Crippen molar-refractivity contribution in [1.82, 2.24) is 5.32 Å². The van der Waals surface area contributed by atoms with E-state index in [-0.39, 0.29) is 11.9 Å². The third-order valence-corrected chi connectivity index (χ3v) is 2.41. The second kappa shape index (κ2) is 7.01. The lowest BCUT2D eigenvalue weighted by Gasteiger charge is -2.10. The van der Waals surface area contributed by atoms with E-state index in [1.165, 1.54) is 0 Å². The van der Waals surface area contributed by atoms with E-state index in [1.807, 2.05) is 26.0 Å². The summed E-state index contributed by atoms with van der Waals surface area (Å²) in [6.07, 6.45) is -0.132. The van der Waals surface area contributed by atoms with E-state index >= 15 is 0 Å². The molecule has 1 aromatic rings. The van der Waals surface area contributed by atoms with Crippen LogP contribution in [0.15, 0.2) is 24.3 Å². The van der Waals surface area contributed by atoms with Crippen LogP contribution in [0.4, 0.5) is 0 Å². The number of hydrogen-bond acceptors (Lipinski definition) is 3. The Morgan fingerprint density at radius 1 is 1.28 bits per heavy atom. The summed E-state index contributed by atoms with van der Waals surface area (Å²) in [6.45, 7) is 5.92. The van der Waals surface area contributed by atoms with Crippen LogP contribution in [-0.4, -0.2) is 23.7 Å². The zero-order chi connectivity index (χ0) is 13.5. The summed E-state index contributed by atoms with van der Waals surface area (Å²) < 4.78 is 5.45. The van der Waals surface area contributed by atoms with Gasteiger partial charge in [0.15, 0.2) is 0 Å². The fraction of sp³-hybridized carbons (Fsp3) is 0.500. The van der Waals surface area contributed by atoms with Crippen LogP contribution >= 0.6 is 0 Å². The third kappa shape index (κ3) is 5.19. The van der Waals surface area contributed by atoms with E-state index in [0.717, 1.165) is 5.56 Å². The first-order chi connectivity index (χ1) is 8.49. The summed E-state index contributed by atoms with van der Waals surface area (Å²) in [7, 11) is 0. The minimum absolute atomic E-state index is 0.00870. The molecule has 0 heterocycles. The number of benzene rings is 1. The molecule has 4 heteroatoms. The van der Waals surface area contributed by atoms with Crippen molar-refractivity contribution in [2.45, 2.75) is 39.3 Å². The number of carbonyl (C=O) groups excluding carboxylic acids is 1. The molecule has 0 aliphatic rings. The first kappa shape index (κ1) is 14.5. The number of ether oxygens (including phenoxy) is 1. The first-order valence-corrected chi connectivity index (χ1v) is 6.19. The van der Waals surface area contributed by atoms with Crippen molar-refractivity contribution >= 4 is 5.91 Å². The Kier molecular flexibility index (Phi) is 5.65. The van der Waals surface area contributed by atoms with Crippen molar-refractivity contribution in [3.63, 3.8) is 0 Å². The molecular weight excluding hydrogens is 230 g/mol. The highest BCUT2D eigenvalue weighted by Gasteiger charge is 2.04. The molecule has 0 aliphatic heterocycles. The Labute approximate surface area is 108 Å². The summed E-state index contributed by atoms with van der Waals surface area (Å²) in [5.41, 5.74) is 0.847. The lowest BCUT2D eigenvalue weighted by molar-refractivity contribution is -0.122. The second-order valence-electron chi connectivity index (χ2n) is 4.57. The topological polar surface area (TPSA) is 58.6 Å². The van der Waals surface area contributed by atoms with Crippen molar-refractivity contribution in [3.05, 3.63) is 29.8 Å². The molecule has 0 spiro atoms. The van der Waals surface area contributed by atoms with Gasteiger partial charge in [-0.15, -0.1) is 0 Å². The Morgan fingerprint density at radius 2 is 1.89 bits per heavy atom. The van der Waals surface area contributed by atoms with Gasteiger partial charge < -0.3 is 15.2 Å². The molecule has 2 N–H and O–H groups in total. The van der Waals surface area contributed by atoms with E-state index < -0.39 is 6.10 Å².